The third-order valence-corrected chi connectivity index (χ3v) is 3.91. The minimum atomic E-state index is -0.601. The maximum Gasteiger partial charge on any atom is 0.308 e. The summed E-state index contributed by atoms with van der Waals surface area (Å²) in [5, 5.41) is 7.77. The number of rotatable bonds is 8. The van der Waals surface area contributed by atoms with Gasteiger partial charge in [0.05, 0.1) is 6.42 Å². The Bertz CT molecular complexity index is 866. The smallest absolute Gasteiger partial charge is 0.308 e. The zero-order valence-electron chi connectivity index (χ0n) is 16.2. The Morgan fingerprint density at radius 3 is 2.14 bits per heavy atom. The minimum absolute atomic E-state index is 0.0628. The number of carbonyl (C=O) groups excluding carboxylic acids is 4. The van der Waals surface area contributed by atoms with Gasteiger partial charge in [0.25, 0.3) is 17.7 Å². The molecule has 0 spiro atoms. The summed E-state index contributed by atoms with van der Waals surface area (Å²) in [7, 11) is 1.53. The van der Waals surface area contributed by atoms with Gasteiger partial charge in [0.1, 0.15) is 0 Å². The lowest BCUT2D eigenvalue weighted by atomic mass is 10.2. The molecular formula is C21H23N3O5. The van der Waals surface area contributed by atoms with Gasteiger partial charge < -0.3 is 20.7 Å². The SMILES string of the molecule is CNC(=O)c1ccc(NC(=O)COC(=O)CC(C)NC(=O)c2ccccc2)cc1. The van der Waals surface area contributed by atoms with Crippen LogP contribution in [0.25, 0.3) is 0 Å². The first kappa shape index (κ1) is 21.6. The molecule has 0 saturated heterocycles. The Labute approximate surface area is 168 Å². The van der Waals surface area contributed by atoms with Crippen LogP contribution in [0.4, 0.5) is 5.69 Å². The van der Waals surface area contributed by atoms with Gasteiger partial charge in [0.2, 0.25) is 0 Å². The first-order chi connectivity index (χ1) is 13.9. The van der Waals surface area contributed by atoms with E-state index in [1.807, 2.05) is 0 Å². The van der Waals surface area contributed by atoms with Gasteiger partial charge in [-0.15, -0.1) is 0 Å². The van der Waals surface area contributed by atoms with Crippen LogP contribution in [0.3, 0.4) is 0 Å². The lowest BCUT2D eigenvalue weighted by Crippen LogP contribution is -2.35. The molecule has 0 bridgehead atoms. The molecule has 0 saturated carbocycles. The second-order valence-corrected chi connectivity index (χ2v) is 6.31. The molecule has 8 heteroatoms. The fourth-order valence-electron chi connectivity index (χ4n) is 2.45. The zero-order valence-corrected chi connectivity index (χ0v) is 16.2. The fourth-order valence-corrected chi connectivity index (χ4v) is 2.45. The zero-order chi connectivity index (χ0) is 21.2. The second-order valence-electron chi connectivity index (χ2n) is 6.31. The van der Waals surface area contributed by atoms with Gasteiger partial charge in [-0.1, -0.05) is 18.2 Å². The Morgan fingerprint density at radius 2 is 1.52 bits per heavy atom. The van der Waals surface area contributed by atoms with Crippen LogP contribution in [-0.4, -0.2) is 43.4 Å². The summed E-state index contributed by atoms with van der Waals surface area (Å²) in [5.74, 6) is -1.63. The lowest BCUT2D eigenvalue weighted by Gasteiger charge is -2.13. The summed E-state index contributed by atoms with van der Waals surface area (Å²) >= 11 is 0. The second kappa shape index (κ2) is 10.6. The molecule has 3 N–H and O–H groups in total. The van der Waals surface area contributed by atoms with Crippen LogP contribution < -0.4 is 16.0 Å². The molecule has 29 heavy (non-hydrogen) atoms. The van der Waals surface area contributed by atoms with E-state index in [1.54, 1.807) is 61.5 Å². The minimum Gasteiger partial charge on any atom is -0.455 e. The lowest BCUT2D eigenvalue weighted by molar-refractivity contribution is -0.147. The van der Waals surface area contributed by atoms with Crippen molar-refractivity contribution in [2.75, 3.05) is 19.0 Å². The van der Waals surface area contributed by atoms with E-state index in [4.69, 9.17) is 4.74 Å². The Morgan fingerprint density at radius 1 is 0.897 bits per heavy atom. The largest absolute Gasteiger partial charge is 0.455 e. The summed E-state index contributed by atoms with van der Waals surface area (Å²) in [6.07, 6.45) is -0.0628. The molecule has 3 amide bonds. The highest BCUT2D eigenvalue weighted by atomic mass is 16.5. The Balaban J connectivity index is 1.73. The van der Waals surface area contributed by atoms with Crippen LogP contribution in [0.1, 0.15) is 34.1 Å². The molecular weight excluding hydrogens is 374 g/mol. The number of anilines is 1. The van der Waals surface area contributed by atoms with Gasteiger partial charge in [0, 0.05) is 29.9 Å². The number of esters is 1. The van der Waals surface area contributed by atoms with E-state index >= 15 is 0 Å². The summed E-state index contributed by atoms with van der Waals surface area (Å²) in [4.78, 5) is 47.3. The van der Waals surface area contributed by atoms with E-state index in [9.17, 15) is 19.2 Å². The van der Waals surface area contributed by atoms with Crippen molar-refractivity contribution in [1.82, 2.24) is 10.6 Å². The number of benzene rings is 2. The maximum absolute atomic E-state index is 12.0. The number of amides is 3. The third kappa shape index (κ3) is 7.10. The molecule has 2 aromatic carbocycles. The summed E-state index contributed by atoms with van der Waals surface area (Å²) in [6.45, 7) is 1.23. The normalized spacial score (nSPS) is 11.1. The molecule has 0 radical (unpaired) electrons. The third-order valence-electron chi connectivity index (χ3n) is 3.91. The number of carbonyl (C=O) groups is 4. The molecule has 0 aliphatic carbocycles. The van der Waals surface area contributed by atoms with Crippen molar-refractivity contribution in [2.24, 2.45) is 0 Å². The summed E-state index contributed by atoms with van der Waals surface area (Å²) in [6, 6.07) is 14.5. The van der Waals surface area contributed by atoms with Crippen molar-refractivity contribution in [3.05, 3.63) is 65.7 Å². The predicted molar refractivity (Wildman–Crippen MR) is 107 cm³/mol. The molecule has 152 valence electrons. The molecule has 2 rings (SSSR count). The molecule has 0 fully saturated rings. The van der Waals surface area contributed by atoms with Crippen LogP contribution in [0, 0.1) is 0 Å². The average molecular weight is 397 g/mol. The quantitative estimate of drug-likeness (QED) is 0.587. The molecule has 0 aromatic heterocycles. The van der Waals surface area contributed by atoms with E-state index in [-0.39, 0.29) is 18.2 Å². The maximum atomic E-state index is 12.0. The van der Waals surface area contributed by atoms with E-state index in [1.165, 1.54) is 7.05 Å². The fraction of sp³-hybridized carbons (Fsp3) is 0.238. The van der Waals surface area contributed by atoms with Crippen molar-refractivity contribution in [2.45, 2.75) is 19.4 Å². The van der Waals surface area contributed by atoms with Gasteiger partial charge in [-0.2, -0.15) is 0 Å². The van der Waals surface area contributed by atoms with Gasteiger partial charge in [-0.3, -0.25) is 19.2 Å². The van der Waals surface area contributed by atoms with E-state index in [0.717, 1.165) is 0 Å². The standard InChI is InChI=1S/C21H23N3O5/c1-14(23-21(28)15-6-4-3-5-7-15)12-19(26)29-13-18(25)24-17-10-8-16(9-11-17)20(27)22-2/h3-11,14H,12-13H2,1-2H3,(H,22,27)(H,23,28)(H,24,25). The molecule has 0 aliphatic heterocycles. The van der Waals surface area contributed by atoms with Crippen LogP contribution in [0.5, 0.6) is 0 Å². The van der Waals surface area contributed by atoms with Gasteiger partial charge >= 0.3 is 5.97 Å². The van der Waals surface area contributed by atoms with E-state index < -0.39 is 24.5 Å². The van der Waals surface area contributed by atoms with Gasteiger partial charge in [-0.25, -0.2) is 0 Å². The van der Waals surface area contributed by atoms with Gasteiger partial charge in [-0.05, 0) is 43.3 Å². The van der Waals surface area contributed by atoms with Gasteiger partial charge in [0.15, 0.2) is 6.61 Å². The van der Waals surface area contributed by atoms with E-state index in [0.29, 0.717) is 16.8 Å². The topological polar surface area (TPSA) is 114 Å². The highest BCUT2D eigenvalue weighted by Crippen LogP contribution is 2.09. The van der Waals surface area contributed by atoms with Crippen LogP contribution >= 0.6 is 0 Å². The summed E-state index contributed by atoms with van der Waals surface area (Å²) in [5.41, 5.74) is 1.43. The highest BCUT2D eigenvalue weighted by molar-refractivity contribution is 5.96. The monoisotopic (exact) mass is 397 g/mol. The highest BCUT2D eigenvalue weighted by Gasteiger charge is 2.15. The first-order valence-corrected chi connectivity index (χ1v) is 9.02. The Hall–Kier alpha value is -3.68. The molecule has 0 aliphatic rings. The number of hydrogen-bond acceptors (Lipinski definition) is 5. The number of hydrogen-bond donors (Lipinski definition) is 3. The molecule has 1 atom stereocenters. The molecule has 8 nitrogen and oxygen atoms in total. The number of nitrogens with one attached hydrogen (secondary N) is 3. The predicted octanol–water partition coefficient (Wildman–Crippen LogP) is 1.74. The van der Waals surface area contributed by atoms with E-state index in [2.05, 4.69) is 16.0 Å². The van der Waals surface area contributed by atoms with Crippen molar-refractivity contribution in [1.29, 1.82) is 0 Å². The van der Waals surface area contributed by atoms with Crippen molar-refractivity contribution in [3.8, 4) is 0 Å². The van der Waals surface area contributed by atoms with Crippen LogP contribution in [0.2, 0.25) is 0 Å². The van der Waals surface area contributed by atoms with Crippen LogP contribution in [0.15, 0.2) is 54.6 Å². The number of ether oxygens (including phenoxy) is 1. The molecule has 0 heterocycles. The average Bonchev–Trinajstić information content (AvgIpc) is 2.72. The summed E-state index contributed by atoms with van der Waals surface area (Å²) < 4.78 is 4.95. The first-order valence-electron chi connectivity index (χ1n) is 9.02. The van der Waals surface area contributed by atoms with Crippen LogP contribution in [-0.2, 0) is 14.3 Å². The molecule has 2 aromatic rings. The van der Waals surface area contributed by atoms with Crippen molar-refractivity contribution < 1.29 is 23.9 Å². The molecule has 1 unspecified atom stereocenters. The Kier molecular flexibility index (Phi) is 7.90. The van der Waals surface area contributed by atoms with Crippen molar-refractivity contribution >= 4 is 29.4 Å². The van der Waals surface area contributed by atoms with Crippen molar-refractivity contribution in [3.63, 3.8) is 0 Å².